The second-order valence-electron chi connectivity index (χ2n) is 6.51. The molecule has 5 nitrogen and oxygen atoms in total. The van der Waals surface area contributed by atoms with Crippen molar-refractivity contribution in [1.29, 1.82) is 0 Å². The number of aryl methyl sites for hydroxylation is 1. The lowest BCUT2D eigenvalue weighted by Crippen LogP contribution is -2.19. The number of aromatic nitrogens is 2. The van der Waals surface area contributed by atoms with Crippen molar-refractivity contribution >= 4 is 22.5 Å². The summed E-state index contributed by atoms with van der Waals surface area (Å²) in [5, 5.41) is 3.18. The van der Waals surface area contributed by atoms with E-state index in [1.165, 1.54) is 0 Å². The number of fused-ring (bicyclic) bond motifs is 1. The van der Waals surface area contributed by atoms with Crippen LogP contribution in [-0.2, 0) is 6.18 Å². The third-order valence-corrected chi connectivity index (χ3v) is 4.00. The molecule has 0 aliphatic heterocycles. The van der Waals surface area contributed by atoms with Gasteiger partial charge >= 0.3 is 6.18 Å². The summed E-state index contributed by atoms with van der Waals surface area (Å²) in [5.41, 5.74) is -0.0791. The highest BCUT2D eigenvalue weighted by molar-refractivity contribution is 6.09. The van der Waals surface area contributed by atoms with Crippen molar-refractivity contribution in [3.05, 3.63) is 59.5 Å². The lowest BCUT2D eigenvalue weighted by molar-refractivity contribution is -0.138. The molecule has 3 rings (SSSR count). The minimum atomic E-state index is -4.66. The van der Waals surface area contributed by atoms with Gasteiger partial charge in [0.05, 0.1) is 28.4 Å². The molecule has 0 bridgehead atoms. The van der Waals surface area contributed by atoms with E-state index < -0.39 is 23.2 Å². The molecular formula is C20H18F3N3O2. The smallest absolute Gasteiger partial charge is 0.417 e. The molecular weight excluding hydrogens is 371 g/mol. The maximum absolute atomic E-state index is 13.2. The van der Waals surface area contributed by atoms with Crippen LogP contribution in [0.3, 0.4) is 0 Å². The summed E-state index contributed by atoms with van der Waals surface area (Å²) in [5.74, 6) is -0.296. The zero-order valence-corrected chi connectivity index (χ0v) is 15.5. The highest BCUT2D eigenvalue weighted by Gasteiger charge is 2.35. The van der Waals surface area contributed by atoms with Gasteiger partial charge in [-0.3, -0.25) is 14.8 Å². The van der Waals surface area contributed by atoms with Gasteiger partial charge in [-0.05, 0) is 39.0 Å². The average Bonchev–Trinajstić information content (AvgIpc) is 2.63. The normalized spacial score (nSPS) is 11.7. The van der Waals surface area contributed by atoms with E-state index in [-0.39, 0.29) is 11.8 Å². The highest BCUT2D eigenvalue weighted by Crippen LogP contribution is 2.34. The fraction of sp³-hybridized carbons (Fsp3) is 0.250. The van der Waals surface area contributed by atoms with Gasteiger partial charge in [0.2, 0.25) is 0 Å². The maximum atomic E-state index is 13.2. The van der Waals surface area contributed by atoms with E-state index in [4.69, 9.17) is 4.74 Å². The van der Waals surface area contributed by atoms with Crippen LogP contribution in [0.15, 0.2) is 42.9 Å². The Morgan fingerprint density at radius 2 is 1.93 bits per heavy atom. The summed E-state index contributed by atoms with van der Waals surface area (Å²) in [4.78, 5) is 20.5. The molecule has 0 atom stereocenters. The van der Waals surface area contributed by atoms with E-state index in [1.54, 1.807) is 24.4 Å². The number of benzene rings is 1. The molecule has 0 fully saturated rings. The van der Waals surface area contributed by atoms with Crippen LogP contribution < -0.4 is 10.1 Å². The molecule has 0 aliphatic carbocycles. The summed E-state index contributed by atoms with van der Waals surface area (Å²) in [7, 11) is 0. The third kappa shape index (κ3) is 3.90. The van der Waals surface area contributed by atoms with Gasteiger partial charge in [0.1, 0.15) is 5.75 Å². The fourth-order valence-corrected chi connectivity index (χ4v) is 2.80. The van der Waals surface area contributed by atoms with Gasteiger partial charge in [0.25, 0.3) is 5.91 Å². The second-order valence-corrected chi connectivity index (χ2v) is 6.51. The van der Waals surface area contributed by atoms with Crippen molar-refractivity contribution < 1.29 is 22.7 Å². The molecule has 2 heterocycles. The Morgan fingerprint density at radius 1 is 1.18 bits per heavy atom. The number of rotatable bonds is 4. The number of hydrogen-bond donors (Lipinski definition) is 1. The molecule has 0 radical (unpaired) electrons. The Kier molecular flexibility index (Phi) is 5.22. The number of ether oxygens (including phenoxy) is 1. The van der Waals surface area contributed by atoms with E-state index in [0.29, 0.717) is 16.7 Å². The number of anilines is 1. The van der Waals surface area contributed by atoms with E-state index in [9.17, 15) is 18.0 Å². The van der Waals surface area contributed by atoms with Crippen molar-refractivity contribution in [2.45, 2.75) is 33.1 Å². The first-order chi connectivity index (χ1) is 13.2. The molecule has 0 unspecified atom stereocenters. The Morgan fingerprint density at radius 3 is 2.61 bits per heavy atom. The third-order valence-electron chi connectivity index (χ3n) is 4.00. The summed E-state index contributed by atoms with van der Waals surface area (Å²) >= 11 is 0. The number of halogens is 3. The molecule has 146 valence electrons. The van der Waals surface area contributed by atoms with Crippen LogP contribution >= 0.6 is 0 Å². The number of carbonyl (C=O) groups excluding carboxylic acids is 1. The van der Waals surface area contributed by atoms with Crippen LogP contribution in [0.4, 0.5) is 18.9 Å². The molecule has 1 amide bonds. The number of hydrogen-bond acceptors (Lipinski definition) is 4. The van der Waals surface area contributed by atoms with Crippen molar-refractivity contribution in [1.82, 2.24) is 9.97 Å². The molecule has 8 heteroatoms. The number of nitrogens with one attached hydrogen (secondary N) is 1. The van der Waals surface area contributed by atoms with Crippen molar-refractivity contribution in [3.63, 3.8) is 0 Å². The van der Waals surface area contributed by atoms with Crippen LogP contribution in [0.25, 0.3) is 10.9 Å². The minimum absolute atomic E-state index is 0.0766. The second kappa shape index (κ2) is 7.46. The van der Waals surface area contributed by atoms with Gasteiger partial charge in [-0.1, -0.05) is 6.07 Å². The number of alkyl halides is 3. The minimum Gasteiger partial charge on any atom is -0.490 e. The summed E-state index contributed by atoms with van der Waals surface area (Å²) in [6, 6.07) is 5.81. The number of nitrogens with zero attached hydrogens (tertiary/aromatic N) is 2. The first-order valence-corrected chi connectivity index (χ1v) is 8.56. The predicted molar refractivity (Wildman–Crippen MR) is 99.4 cm³/mol. The predicted octanol–water partition coefficient (Wildman–Crippen LogP) is 5.00. The van der Waals surface area contributed by atoms with Crippen molar-refractivity contribution in [2.24, 2.45) is 0 Å². The average molecular weight is 389 g/mol. The van der Waals surface area contributed by atoms with Crippen LogP contribution in [0.2, 0.25) is 0 Å². The number of amides is 1. The van der Waals surface area contributed by atoms with Gasteiger partial charge < -0.3 is 10.1 Å². The van der Waals surface area contributed by atoms with Crippen molar-refractivity contribution in [2.75, 3.05) is 5.32 Å². The Labute approximate surface area is 159 Å². The number of para-hydroxylation sites is 1. The topological polar surface area (TPSA) is 64.1 Å². The van der Waals surface area contributed by atoms with Crippen LogP contribution in [0.1, 0.15) is 35.3 Å². The van der Waals surface area contributed by atoms with Gasteiger partial charge in [0, 0.05) is 29.5 Å². The molecule has 1 aromatic carbocycles. The van der Waals surface area contributed by atoms with Gasteiger partial charge in [-0.25, -0.2) is 0 Å². The van der Waals surface area contributed by atoms with Crippen LogP contribution in [0.5, 0.6) is 5.75 Å². The van der Waals surface area contributed by atoms with Crippen LogP contribution in [-0.4, -0.2) is 22.0 Å². The molecule has 28 heavy (non-hydrogen) atoms. The number of carbonyl (C=O) groups is 1. The highest BCUT2D eigenvalue weighted by atomic mass is 19.4. The number of pyridine rings is 2. The van der Waals surface area contributed by atoms with Gasteiger partial charge in [-0.2, -0.15) is 13.2 Å². The molecule has 0 saturated carbocycles. The molecule has 0 aliphatic rings. The lowest BCUT2D eigenvalue weighted by atomic mass is 10.1. The monoisotopic (exact) mass is 389 g/mol. The Balaban J connectivity index is 2.04. The molecule has 3 aromatic rings. The van der Waals surface area contributed by atoms with Gasteiger partial charge in [0.15, 0.2) is 0 Å². The van der Waals surface area contributed by atoms with E-state index in [1.807, 2.05) is 20.8 Å². The summed E-state index contributed by atoms with van der Waals surface area (Å²) < 4.78 is 45.4. The Hall–Kier alpha value is -3.16. The Bertz CT molecular complexity index is 1030. The molecule has 2 aromatic heterocycles. The quantitative estimate of drug-likeness (QED) is 0.682. The molecule has 0 spiro atoms. The summed E-state index contributed by atoms with van der Waals surface area (Å²) in [6.45, 7) is 5.62. The van der Waals surface area contributed by atoms with E-state index in [2.05, 4.69) is 15.3 Å². The first-order valence-electron chi connectivity index (χ1n) is 8.56. The molecule has 1 N–H and O–H groups in total. The fourth-order valence-electron chi connectivity index (χ4n) is 2.80. The summed E-state index contributed by atoms with van der Waals surface area (Å²) in [6.07, 6.45) is -1.25. The SMILES string of the molecule is Cc1cnc2c(NC(=O)c3cnccc3C(F)(F)F)cccc2c1OC(C)C. The lowest BCUT2D eigenvalue weighted by Gasteiger charge is -2.17. The maximum Gasteiger partial charge on any atom is 0.417 e. The first kappa shape index (κ1) is 19.6. The zero-order chi connectivity index (χ0) is 20.5. The zero-order valence-electron chi connectivity index (χ0n) is 15.5. The molecule has 0 saturated heterocycles. The van der Waals surface area contributed by atoms with E-state index in [0.717, 1.165) is 24.0 Å². The largest absolute Gasteiger partial charge is 0.490 e. The standard InChI is InChI=1S/C20H18F3N3O2/c1-11(2)28-18-12(3)9-25-17-13(18)5-4-6-16(17)26-19(27)14-10-24-8-7-15(14)20(21,22)23/h4-11H,1-3H3,(H,26,27). The van der Waals surface area contributed by atoms with E-state index >= 15 is 0 Å². The van der Waals surface area contributed by atoms with Gasteiger partial charge in [-0.15, -0.1) is 0 Å². The van der Waals surface area contributed by atoms with Crippen LogP contribution in [0, 0.1) is 6.92 Å². The van der Waals surface area contributed by atoms with Crippen molar-refractivity contribution in [3.8, 4) is 5.75 Å².